The van der Waals surface area contributed by atoms with Crippen molar-refractivity contribution in [1.29, 1.82) is 0 Å². The van der Waals surface area contributed by atoms with Crippen molar-refractivity contribution in [3.8, 4) is 5.75 Å². The number of hydrogen-bond acceptors (Lipinski definition) is 1. The summed E-state index contributed by atoms with van der Waals surface area (Å²) >= 11 is 0. The highest BCUT2D eigenvalue weighted by Gasteiger charge is 2.13. The zero-order valence-corrected chi connectivity index (χ0v) is 7.92. The van der Waals surface area contributed by atoms with Crippen molar-refractivity contribution in [2.45, 2.75) is 12.5 Å². The fraction of sp³-hybridized carbons (Fsp3) is 0.182. The smallest absolute Gasteiger partial charge is 0.387 e. The Morgan fingerprint density at radius 1 is 1.33 bits per heavy atom. The van der Waals surface area contributed by atoms with E-state index in [-0.39, 0.29) is 11.3 Å². The third kappa shape index (κ3) is 3.01. The highest BCUT2D eigenvalue weighted by Crippen LogP contribution is 2.28. The molecule has 0 aliphatic rings. The average Bonchev–Trinajstić information content (AvgIpc) is 2.19. The Labute approximate surface area is 86.2 Å². The van der Waals surface area contributed by atoms with Crippen molar-refractivity contribution in [1.82, 2.24) is 0 Å². The van der Waals surface area contributed by atoms with Crippen molar-refractivity contribution in [3.05, 3.63) is 49.2 Å². The van der Waals surface area contributed by atoms with Crippen LogP contribution in [0.1, 0.15) is 11.5 Å². The Kier molecular flexibility index (Phi) is 3.77. The quantitative estimate of drug-likeness (QED) is 0.698. The van der Waals surface area contributed by atoms with Gasteiger partial charge in [0.15, 0.2) is 0 Å². The number of allylic oxidation sites excluding steroid dienone is 1. The maximum atomic E-state index is 12.9. The summed E-state index contributed by atoms with van der Waals surface area (Å²) in [4.78, 5) is 0. The average molecular weight is 215 g/mol. The van der Waals surface area contributed by atoms with Crippen molar-refractivity contribution in [2.24, 2.45) is 0 Å². The van der Waals surface area contributed by atoms with E-state index in [1.165, 1.54) is 6.08 Å². The highest BCUT2D eigenvalue weighted by molar-refractivity contribution is 5.39. The fourth-order valence-electron chi connectivity index (χ4n) is 1.14. The molecule has 0 fully saturated rings. The second-order valence-corrected chi connectivity index (χ2v) is 2.90. The van der Waals surface area contributed by atoms with Gasteiger partial charge in [-0.25, -0.2) is 4.39 Å². The van der Waals surface area contributed by atoms with E-state index in [1.807, 2.05) is 0 Å². The Morgan fingerprint density at radius 3 is 2.53 bits per heavy atom. The molecule has 1 rings (SSSR count). The molecule has 0 heterocycles. The van der Waals surface area contributed by atoms with Crippen LogP contribution < -0.4 is 4.74 Å². The Hall–Kier alpha value is -1.45. The Morgan fingerprint density at radius 2 is 2.00 bits per heavy atom. The van der Waals surface area contributed by atoms with E-state index in [9.17, 15) is 13.2 Å². The molecular weight excluding hydrogens is 205 g/mol. The number of alkyl halides is 2. The fourth-order valence-corrected chi connectivity index (χ4v) is 1.14. The molecule has 0 bridgehead atoms. The molecule has 0 aromatic heterocycles. The number of ether oxygens (including phenoxy) is 1. The molecule has 0 amide bonds. The van der Waals surface area contributed by atoms with E-state index in [4.69, 9.17) is 0 Å². The minimum Gasteiger partial charge on any atom is -0.435 e. The topological polar surface area (TPSA) is 9.23 Å². The molecule has 0 saturated carbocycles. The van der Waals surface area contributed by atoms with Crippen molar-refractivity contribution in [2.75, 3.05) is 0 Å². The van der Waals surface area contributed by atoms with Crippen LogP contribution in [-0.4, -0.2) is 6.61 Å². The van der Waals surface area contributed by atoms with Gasteiger partial charge in [-0.15, -0.1) is 6.58 Å². The Balaban J connectivity index is 3.08. The van der Waals surface area contributed by atoms with Gasteiger partial charge in [-0.2, -0.15) is 8.78 Å². The summed E-state index contributed by atoms with van der Waals surface area (Å²) < 4.78 is 41.1. The van der Waals surface area contributed by atoms with E-state index in [2.05, 4.69) is 18.2 Å². The van der Waals surface area contributed by atoms with Gasteiger partial charge >= 0.3 is 6.61 Å². The summed E-state index contributed by atoms with van der Waals surface area (Å²) in [7, 11) is 0. The number of rotatable bonds is 4. The summed E-state index contributed by atoms with van der Waals surface area (Å²) in [5.41, 5.74) is 0.255. The standard InChI is InChI=1S/C11H10F3O/c1-3-7(2)9-6-8(12)4-5-10(9)15-11(13)14/h3-7,11H,1-2H2. The zero-order valence-electron chi connectivity index (χ0n) is 7.92. The molecule has 15 heavy (non-hydrogen) atoms. The summed E-state index contributed by atoms with van der Waals surface area (Å²) in [6, 6.07) is 3.31. The maximum absolute atomic E-state index is 12.9. The zero-order chi connectivity index (χ0) is 11.4. The lowest BCUT2D eigenvalue weighted by atomic mass is 10.0. The second-order valence-electron chi connectivity index (χ2n) is 2.90. The Bertz CT molecular complexity index is 350. The van der Waals surface area contributed by atoms with E-state index < -0.39 is 18.3 Å². The molecule has 1 radical (unpaired) electrons. The summed E-state index contributed by atoms with van der Waals surface area (Å²) in [5.74, 6) is -1.09. The van der Waals surface area contributed by atoms with Crippen LogP contribution in [0.4, 0.5) is 13.2 Å². The van der Waals surface area contributed by atoms with Gasteiger partial charge in [0.25, 0.3) is 0 Å². The van der Waals surface area contributed by atoms with Crippen LogP contribution in [0.2, 0.25) is 0 Å². The third-order valence-electron chi connectivity index (χ3n) is 1.87. The molecule has 1 unspecified atom stereocenters. The van der Waals surface area contributed by atoms with Crippen molar-refractivity contribution in [3.63, 3.8) is 0 Å². The summed E-state index contributed by atoms with van der Waals surface area (Å²) in [6.07, 6.45) is 1.42. The van der Waals surface area contributed by atoms with Gasteiger partial charge in [-0.1, -0.05) is 6.08 Å². The van der Waals surface area contributed by atoms with Crippen LogP contribution in [0.25, 0.3) is 0 Å². The molecule has 1 aromatic carbocycles. The van der Waals surface area contributed by atoms with Crippen molar-refractivity contribution >= 4 is 0 Å². The molecule has 4 heteroatoms. The molecule has 81 valence electrons. The molecule has 1 atom stereocenters. The first-order chi connectivity index (χ1) is 7.04. The predicted molar refractivity (Wildman–Crippen MR) is 51.3 cm³/mol. The van der Waals surface area contributed by atoms with Crippen molar-refractivity contribution < 1.29 is 17.9 Å². The number of benzene rings is 1. The third-order valence-corrected chi connectivity index (χ3v) is 1.87. The number of halogens is 3. The van der Waals surface area contributed by atoms with E-state index in [0.717, 1.165) is 18.2 Å². The molecule has 0 saturated heterocycles. The first-order valence-corrected chi connectivity index (χ1v) is 4.24. The lowest BCUT2D eigenvalue weighted by Gasteiger charge is -2.13. The lowest BCUT2D eigenvalue weighted by molar-refractivity contribution is -0.0505. The predicted octanol–water partition coefficient (Wildman–Crippen LogP) is 3.53. The minimum absolute atomic E-state index is 0.0775. The van der Waals surface area contributed by atoms with Crippen LogP contribution in [-0.2, 0) is 0 Å². The highest BCUT2D eigenvalue weighted by atomic mass is 19.3. The molecular formula is C11H10F3O. The van der Waals surface area contributed by atoms with Crippen LogP contribution in [0.3, 0.4) is 0 Å². The number of hydrogen-bond donors (Lipinski definition) is 0. The van der Waals surface area contributed by atoms with Gasteiger partial charge in [0.2, 0.25) is 0 Å². The van der Waals surface area contributed by atoms with Gasteiger partial charge in [0.1, 0.15) is 11.6 Å². The van der Waals surface area contributed by atoms with Crippen LogP contribution in [0.5, 0.6) is 5.75 Å². The summed E-state index contributed by atoms with van der Waals surface area (Å²) in [5, 5.41) is 0. The van der Waals surface area contributed by atoms with Gasteiger partial charge < -0.3 is 4.74 Å². The lowest BCUT2D eigenvalue weighted by Crippen LogP contribution is -2.05. The van der Waals surface area contributed by atoms with Crippen LogP contribution in [0, 0.1) is 12.7 Å². The molecule has 0 N–H and O–H groups in total. The largest absolute Gasteiger partial charge is 0.435 e. The van der Waals surface area contributed by atoms with E-state index in [1.54, 1.807) is 0 Å². The first-order valence-electron chi connectivity index (χ1n) is 4.24. The van der Waals surface area contributed by atoms with Gasteiger partial charge in [-0.3, -0.25) is 0 Å². The molecule has 1 nitrogen and oxygen atoms in total. The van der Waals surface area contributed by atoms with Gasteiger partial charge in [-0.05, 0) is 25.1 Å². The maximum Gasteiger partial charge on any atom is 0.387 e. The van der Waals surface area contributed by atoms with E-state index >= 15 is 0 Å². The first kappa shape index (κ1) is 11.6. The molecule has 0 aliphatic heterocycles. The normalized spacial score (nSPS) is 12.6. The van der Waals surface area contributed by atoms with Crippen LogP contribution in [0.15, 0.2) is 30.9 Å². The van der Waals surface area contributed by atoms with Crippen LogP contribution >= 0.6 is 0 Å². The second kappa shape index (κ2) is 4.87. The van der Waals surface area contributed by atoms with Gasteiger partial charge in [0.05, 0.1) is 0 Å². The SMILES string of the molecule is [CH2]C(C=C)c1cc(F)ccc1OC(F)F. The summed E-state index contributed by atoms with van der Waals surface area (Å²) in [6.45, 7) is 4.15. The molecule has 0 spiro atoms. The van der Waals surface area contributed by atoms with E-state index in [0.29, 0.717) is 0 Å². The molecule has 0 aliphatic carbocycles. The molecule has 1 aromatic rings. The minimum atomic E-state index is -2.94. The van der Waals surface area contributed by atoms with Gasteiger partial charge in [0, 0.05) is 11.5 Å². The monoisotopic (exact) mass is 215 g/mol.